The molecule has 0 amide bonds. The van der Waals surface area contributed by atoms with Crippen molar-refractivity contribution >= 4 is 17.7 Å². The molecule has 0 radical (unpaired) electrons. The van der Waals surface area contributed by atoms with Crippen LogP contribution in [0, 0.1) is 0 Å². The molecule has 0 aliphatic rings. The van der Waals surface area contributed by atoms with E-state index in [0.717, 1.165) is 14.0 Å². The van der Waals surface area contributed by atoms with E-state index in [1.165, 1.54) is 0 Å². The van der Waals surface area contributed by atoms with Crippen LogP contribution in [0.2, 0.25) is 0 Å². The first-order valence-electron chi connectivity index (χ1n) is 2.92. The normalized spacial score (nSPS) is 14.6. The van der Waals surface area contributed by atoms with Gasteiger partial charge in [-0.3, -0.25) is 4.79 Å². The van der Waals surface area contributed by atoms with Gasteiger partial charge in [-0.05, 0) is 6.92 Å². The number of Topliss-reactive ketones (excluding diaryl/α,β-unsaturated/α-hetero) is 1. The van der Waals surface area contributed by atoms with E-state index in [-0.39, 0.29) is 0 Å². The van der Waals surface area contributed by atoms with Gasteiger partial charge in [-0.2, -0.15) is 0 Å². The Morgan fingerprint density at radius 3 is 2.00 bits per heavy atom. The average Bonchev–Trinajstić information content (AvgIpc) is 2.01. The van der Waals surface area contributed by atoms with E-state index in [2.05, 4.69) is 4.74 Å². The van der Waals surface area contributed by atoms with Crippen molar-refractivity contribution in [2.24, 2.45) is 0 Å². The number of ether oxygens (including phenoxy) is 1. The molecule has 0 heterocycles. The average molecular weight is 176 g/mol. The summed E-state index contributed by atoms with van der Waals surface area (Å²) in [4.78, 5) is 31.3. The second kappa shape index (κ2) is 3.31. The summed E-state index contributed by atoms with van der Waals surface area (Å²) in [7, 11) is 0.936. The minimum Gasteiger partial charge on any atom is -0.475 e. The Hall–Kier alpha value is -1.43. The molecule has 0 saturated carbocycles. The lowest BCUT2D eigenvalue weighted by molar-refractivity contribution is -0.172. The number of aliphatic carboxylic acids is 1. The quantitative estimate of drug-likeness (QED) is 0.310. The first kappa shape index (κ1) is 10.6. The third kappa shape index (κ3) is 1.79. The van der Waals surface area contributed by atoms with Gasteiger partial charge in [0.1, 0.15) is 0 Å². The van der Waals surface area contributed by atoms with Crippen molar-refractivity contribution in [1.82, 2.24) is 0 Å². The van der Waals surface area contributed by atoms with Gasteiger partial charge in [0, 0.05) is 0 Å². The number of hydrogen-bond acceptors (Lipinski definition) is 5. The molecule has 0 bridgehead atoms. The molecule has 0 aromatic rings. The van der Waals surface area contributed by atoms with Gasteiger partial charge in [-0.15, -0.1) is 0 Å². The lowest BCUT2D eigenvalue weighted by Crippen LogP contribution is -2.47. The van der Waals surface area contributed by atoms with Crippen molar-refractivity contribution in [3.05, 3.63) is 0 Å². The maximum atomic E-state index is 10.6. The van der Waals surface area contributed by atoms with Crippen molar-refractivity contribution in [3.8, 4) is 0 Å². The number of aliphatic hydroxyl groups is 1. The number of esters is 1. The Kier molecular flexibility index (Phi) is 2.92. The van der Waals surface area contributed by atoms with Crippen molar-refractivity contribution in [3.63, 3.8) is 0 Å². The number of carboxylic acid groups (broad SMARTS) is 1. The molecule has 0 aromatic heterocycles. The maximum Gasteiger partial charge on any atom is 0.375 e. The standard InChI is InChI=1S/C6H8O6/c1-6(11,5(10)12-2)3(7)4(8)9/h11H,1-2H3,(H,8,9). The van der Waals surface area contributed by atoms with Gasteiger partial charge in [0.2, 0.25) is 5.60 Å². The van der Waals surface area contributed by atoms with Crippen molar-refractivity contribution < 1.29 is 29.3 Å². The molecule has 0 aliphatic carbocycles. The number of carbonyl (C=O) groups excluding carboxylic acids is 2. The van der Waals surface area contributed by atoms with Crippen LogP contribution in [-0.4, -0.2) is 40.6 Å². The Morgan fingerprint density at radius 2 is 1.75 bits per heavy atom. The lowest BCUT2D eigenvalue weighted by Gasteiger charge is -2.15. The number of hydrogen-bond donors (Lipinski definition) is 2. The highest BCUT2D eigenvalue weighted by Crippen LogP contribution is 2.06. The van der Waals surface area contributed by atoms with Crippen LogP contribution in [0.3, 0.4) is 0 Å². The maximum absolute atomic E-state index is 10.6. The molecule has 0 fully saturated rings. The zero-order valence-corrected chi connectivity index (χ0v) is 6.53. The molecular formula is C6H8O6. The van der Waals surface area contributed by atoms with Crippen LogP contribution in [0.4, 0.5) is 0 Å². The molecule has 68 valence electrons. The first-order chi connectivity index (χ1) is 5.34. The highest BCUT2D eigenvalue weighted by atomic mass is 16.5. The van der Waals surface area contributed by atoms with Gasteiger partial charge in [0.25, 0.3) is 5.78 Å². The lowest BCUT2D eigenvalue weighted by atomic mass is 10.0. The zero-order valence-electron chi connectivity index (χ0n) is 6.53. The van der Waals surface area contributed by atoms with Crippen LogP contribution in [-0.2, 0) is 19.1 Å². The SMILES string of the molecule is COC(=O)C(C)(O)C(=O)C(=O)O. The van der Waals surface area contributed by atoms with E-state index >= 15 is 0 Å². The fraction of sp³-hybridized carbons (Fsp3) is 0.500. The van der Waals surface area contributed by atoms with E-state index in [1.54, 1.807) is 0 Å². The van der Waals surface area contributed by atoms with E-state index < -0.39 is 23.3 Å². The minimum absolute atomic E-state index is 0.759. The molecule has 1 atom stereocenters. The molecule has 0 saturated heterocycles. The first-order valence-corrected chi connectivity index (χ1v) is 2.92. The third-order valence-electron chi connectivity index (χ3n) is 1.22. The predicted octanol–water partition coefficient (Wildman–Crippen LogP) is -1.44. The Labute approximate surface area is 67.8 Å². The Bertz CT molecular complexity index is 228. The van der Waals surface area contributed by atoms with Gasteiger partial charge >= 0.3 is 11.9 Å². The Balaban J connectivity index is 4.73. The second-order valence-electron chi connectivity index (χ2n) is 2.20. The smallest absolute Gasteiger partial charge is 0.375 e. The van der Waals surface area contributed by atoms with Crippen LogP contribution in [0.5, 0.6) is 0 Å². The molecule has 6 nitrogen and oxygen atoms in total. The van der Waals surface area contributed by atoms with E-state index in [9.17, 15) is 14.4 Å². The highest BCUT2D eigenvalue weighted by molar-refractivity contribution is 6.40. The van der Waals surface area contributed by atoms with Crippen LogP contribution in [0.1, 0.15) is 6.92 Å². The van der Waals surface area contributed by atoms with Gasteiger partial charge < -0.3 is 14.9 Å². The number of carbonyl (C=O) groups is 3. The van der Waals surface area contributed by atoms with Crippen molar-refractivity contribution in [2.45, 2.75) is 12.5 Å². The number of methoxy groups -OCH3 is 1. The van der Waals surface area contributed by atoms with Crippen molar-refractivity contribution in [2.75, 3.05) is 7.11 Å². The predicted molar refractivity (Wildman–Crippen MR) is 35.3 cm³/mol. The monoisotopic (exact) mass is 176 g/mol. The van der Waals surface area contributed by atoms with E-state index in [4.69, 9.17) is 10.2 Å². The topological polar surface area (TPSA) is 101 Å². The molecule has 0 rings (SSSR count). The largest absolute Gasteiger partial charge is 0.475 e. The fourth-order valence-corrected chi connectivity index (χ4v) is 0.500. The molecule has 2 N–H and O–H groups in total. The summed E-state index contributed by atoms with van der Waals surface area (Å²) in [6.07, 6.45) is 0. The molecule has 1 unspecified atom stereocenters. The van der Waals surface area contributed by atoms with Gasteiger partial charge in [0.15, 0.2) is 0 Å². The molecule has 0 spiro atoms. The summed E-state index contributed by atoms with van der Waals surface area (Å²) in [5.41, 5.74) is -2.61. The molecular weight excluding hydrogens is 168 g/mol. The summed E-state index contributed by atoms with van der Waals surface area (Å²) in [6, 6.07) is 0. The van der Waals surface area contributed by atoms with E-state index in [0.29, 0.717) is 0 Å². The minimum atomic E-state index is -2.61. The fourth-order valence-electron chi connectivity index (χ4n) is 0.500. The molecule has 0 aliphatic heterocycles. The van der Waals surface area contributed by atoms with Crippen LogP contribution >= 0.6 is 0 Å². The van der Waals surface area contributed by atoms with E-state index in [1.807, 2.05) is 0 Å². The van der Waals surface area contributed by atoms with Gasteiger partial charge in [-0.1, -0.05) is 0 Å². The number of carboxylic acids is 1. The number of ketones is 1. The van der Waals surface area contributed by atoms with Crippen LogP contribution < -0.4 is 0 Å². The Morgan fingerprint density at radius 1 is 1.33 bits per heavy atom. The van der Waals surface area contributed by atoms with Gasteiger partial charge in [0.05, 0.1) is 7.11 Å². The zero-order chi connectivity index (χ0) is 9.94. The van der Waals surface area contributed by atoms with Gasteiger partial charge in [-0.25, -0.2) is 9.59 Å². The summed E-state index contributed by atoms with van der Waals surface area (Å²) in [5, 5.41) is 17.2. The van der Waals surface area contributed by atoms with Crippen LogP contribution in [0.15, 0.2) is 0 Å². The summed E-state index contributed by atoms with van der Waals surface area (Å²) in [6.45, 7) is 0.759. The third-order valence-corrected chi connectivity index (χ3v) is 1.22. The van der Waals surface area contributed by atoms with Crippen LogP contribution in [0.25, 0.3) is 0 Å². The molecule has 12 heavy (non-hydrogen) atoms. The summed E-state index contributed by atoms with van der Waals surface area (Å²) < 4.78 is 4.01. The number of rotatable bonds is 3. The second-order valence-corrected chi connectivity index (χ2v) is 2.20. The molecule has 0 aromatic carbocycles. The highest BCUT2D eigenvalue weighted by Gasteiger charge is 2.43. The summed E-state index contributed by atoms with van der Waals surface area (Å²) >= 11 is 0. The summed E-state index contributed by atoms with van der Waals surface area (Å²) in [5.74, 6) is -4.80. The molecule has 6 heteroatoms. The van der Waals surface area contributed by atoms with Crippen molar-refractivity contribution in [1.29, 1.82) is 0 Å².